The van der Waals surface area contributed by atoms with Gasteiger partial charge in [0.15, 0.2) is 0 Å². The second-order valence-electron chi connectivity index (χ2n) is 3.85. The number of carboxylic acid groups (broad SMARTS) is 2. The van der Waals surface area contributed by atoms with Gasteiger partial charge in [0.25, 0.3) is 0 Å². The van der Waals surface area contributed by atoms with E-state index in [9.17, 15) is 14.7 Å². The molecule has 8 nitrogen and oxygen atoms in total. The summed E-state index contributed by atoms with van der Waals surface area (Å²) in [5.41, 5.74) is -0.0270. The lowest BCUT2D eigenvalue weighted by molar-refractivity contribution is 0.0681. The third kappa shape index (κ3) is 2.26. The number of ether oxygens (including phenoxy) is 1. The van der Waals surface area contributed by atoms with Gasteiger partial charge in [-0.2, -0.15) is 5.10 Å². The number of aromatic amines is 1. The van der Waals surface area contributed by atoms with E-state index in [1.807, 2.05) is 0 Å². The van der Waals surface area contributed by atoms with E-state index in [2.05, 4.69) is 10.2 Å². The fourth-order valence-corrected chi connectivity index (χ4v) is 1.68. The van der Waals surface area contributed by atoms with Gasteiger partial charge in [-0.1, -0.05) is 0 Å². The summed E-state index contributed by atoms with van der Waals surface area (Å²) < 4.78 is 5.03. The molecule has 0 atom stereocenters. The standard InChI is InChI=1S/C12H10N2O6/c1-20-10-4-9(15)6(11(16)17)2-5(10)7-3-8(12(18)19)14-13-7/h2-4,15H,1H3,(H,13,14)(H,16,17)(H,18,19). The number of nitrogens with zero attached hydrogens (tertiary/aromatic N) is 1. The van der Waals surface area contributed by atoms with Gasteiger partial charge in [-0.15, -0.1) is 0 Å². The molecule has 1 heterocycles. The number of aromatic carboxylic acids is 2. The molecule has 1 aromatic heterocycles. The van der Waals surface area contributed by atoms with Gasteiger partial charge in [0.1, 0.15) is 22.8 Å². The van der Waals surface area contributed by atoms with E-state index in [4.69, 9.17) is 14.9 Å². The van der Waals surface area contributed by atoms with Crippen LogP contribution in [0.4, 0.5) is 0 Å². The van der Waals surface area contributed by atoms with Crippen LogP contribution in [-0.4, -0.2) is 44.6 Å². The Hall–Kier alpha value is -3.03. The van der Waals surface area contributed by atoms with Crippen molar-refractivity contribution in [3.05, 3.63) is 29.5 Å². The number of nitrogens with one attached hydrogen (secondary N) is 1. The van der Waals surface area contributed by atoms with Crippen LogP contribution in [-0.2, 0) is 0 Å². The quantitative estimate of drug-likeness (QED) is 0.660. The predicted octanol–water partition coefficient (Wildman–Crippen LogP) is 1.19. The number of aromatic hydroxyl groups is 1. The van der Waals surface area contributed by atoms with E-state index >= 15 is 0 Å². The molecule has 0 fully saturated rings. The van der Waals surface area contributed by atoms with Crippen LogP contribution < -0.4 is 4.74 Å². The maximum atomic E-state index is 11.0. The minimum absolute atomic E-state index is 0.146. The molecule has 0 amide bonds. The summed E-state index contributed by atoms with van der Waals surface area (Å²) in [6, 6.07) is 3.54. The highest BCUT2D eigenvalue weighted by atomic mass is 16.5. The van der Waals surface area contributed by atoms with Gasteiger partial charge >= 0.3 is 11.9 Å². The molecule has 0 aliphatic rings. The lowest BCUT2D eigenvalue weighted by atomic mass is 10.1. The highest BCUT2D eigenvalue weighted by Crippen LogP contribution is 2.35. The number of aromatic nitrogens is 2. The molecule has 0 aliphatic carbocycles. The molecule has 0 bridgehead atoms. The molecule has 4 N–H and O–H groups in total. The van der Waals surface area contributed by atoms with Crippen molar-refractivity contribution in [2.45, 2.75) is 0 Å². The van der Waals surface area contributed by atoms with Crippen LogP contribution in [0.15, 0.2) is 18.2 Å². The highest BCUT2D eigenvalue weighted by Gasteiger charge is 2.19. The predicted molar refractivity (Wildman–Crippen MR) is 66.2 cm³/mol. The number of benzene rings is 1. The van der Waals surface area contributed by atoms with Gasteiger partial charge in [-0.25, -0.2) is 9.59 Å². The van der Waals surface area contributed by atoms with E-state index < -0.39 is 17.7 Å². The first-order valence-corrected chi connectivity index (χ1v) is 5.37. The van der Waals surface area contributed by atoms with Gasteiger partial charge in [0, 0.05) is 11.6 Å². The van der Waals surface area contributed by atoms with Crippen LogP contribution >= 0.6 is 0 Å². The molecule has 20 heavy (non-hydrogen) atoms. The van der Waals surface area contributed by atoms with Crippen LogP contribution in [0.1, 0.15) is 20.8 Å². The smallest absolute Gasteiger partial charge is 0.353 e. The van der Waals surface area contributed by atoms with Crippen molar-refractivity contribution in [2.24, 2.45) is 0 Å². The number of carbonyl (C=O) groups is 2. The number of phenols is 1. The second kappa shape index (κ2) is 4.92. The summed E-state index contributed by atoms with van der Waals surface area (Å²) in [5, 5.41) is 33.5. The van der Waals surface area contributed by atoms with E-state index in [1.165, 1.54) is 13.2 Å². The van der Waals surface area contributed by atoms with E-state index in [-0.39, 0.29) is 28.3 Å². The third-order valence-corrected chi connectivity index (χ3v) is 2.63. The Balaban J connectivity index is 2.61. The van der Waals surface area contributed by atoms with Crippen molar-refractivity contribution in [2.75, 3.05) is 7.11 Å². The molecule has 0 unspecified atom stereocenters. The zero-order chi connectivity index (χ0) is 14.9. The summed E-state index contributed by atoms with van der Waals surface area (Å²) in [7, 11) is 1.34. The van der Waals surface area contributed by atoms with E-state index in [0.717, 1.165) is 12.1 Å². The largest absolute Gasteiger partial charge is 0.507 e. The number of rotatable bonds is 4. The topological polar surface area (TPSA) is 133 Å². The molecule has 0 saturated heterocycles. The van der Waals surface area contributed by atoms with Crippen LogP contribution in [0.3, 0.4) is 0 Å². The third-order valence-electron chi connectivity index (χ3n) is 2.63. The van der Waals surface area contributed by atoms with Crippen LogP contribution in [0.25, 0.3) is 11.3 Å². The van der Waals surface area contributed by atoms with Gasteiger partial charge in [-0.05, 0) is 12.1 Å². The zero-order valence-electron chi connectivity index (χ0n) is 10.2. The molecule has 0 spiro atoms. The van der Waals surface area contributed by atoms with Crippen molar-refractivity contribution in [1.82, 2.24) is 10.2 Å². The molecule has 104 valence electrons. The number of carboxylic acids is 2. The molecule has 0 aliphatic heterocycles. The van der Waals surface area contributed by atoms with Gasteiger partial charge in [-0.3, -0.25) is 5.10 Å². The van der Waals surface area contributed by atoms with Crippen molar-refractivity contribution in [3.8, 4) is 22.8 Å². The molecule has 8 heteroatoms. The van der Waals surface area contributed by atoms with Crippen molar-refractivity contribution >= 4 is 11.9 Å². The number of H-pyrrole nitrogens is 1. The molecule has 0 radical (unpaired) electrons. The van der Waals surface area contributed by atoms with E-state index in [1.54, 1.807) is 0 Å². The lowest BCUT2D eigenvalue weighted by Gasteiger charge is -2.09. The summed E-state index contributed by atoms with van der Waals surface area (Å²) in [6.45, 7) is 0. The van der Waals surface area contributed by atoms with Gasteiger partial charge in [0.05, 0.1) is 12.8 Å². The minimum Gasteiger partial charge on any atom is -0.507 e. The lowest BCUT2D eigenvalue weighted by Crippen LogP contribution is -1.99. The second-order valence-corrected chi connectivity index (χ2v) is 3.85. The Labute approximate surface area is 112 Å². The maximum absolute atomic E-state index is 11.0. The van der Waals surface area contributed by atoms with Crippen molar-refractivity contribution in [3.63, 3.8) is 0 Å². The number of methoxy groups -OCH3 is 1. The molecule has 2 aromatic rings. The first kappa shape index (κ1) is 13.4. The van der Waals surface area contributed by atoms with E-state index in [0.29, 0.717) is 0 Å². The summed E-state index contributed by atoms with van der Waals surface area (Å²) in [6.07, 6.45) is 0. The fourth-order valence-electron chi connectivity index (χ4n) is 1.68. The van der Waals surface area contributed by atoms with Crippen LogP contribution in [0, 0.1) is 0 Å². The normalized spacial score (nSPS) is 10.2. The molecular weight excluding hydrogens is 268 g/mol. The van der Waals surface area contributed by atoms with Crippen LogP contribution in [0.5, 0.6) is 11.5 Å². The zero-order valence-corrected chi connectivity index (χ0v) is 10.2. The summed E-state index contributed by atoms with van der Waals surface area (Å²) in [4.78, 5) is 21.8. The molecule has 0 saturated carbocycles. The fraction of sp³-hybridized carbons (Fsp3) is 0.0833. The average molecular weight is 278 g/mol. The molecule has 2 rings (SSSR count). The Morgan fingerprint density at radius 3 is 2.40 bits per heavy atom. The Morgan fingerprint density at radius 2 is 1.90 bits per heavy atom. The van der Waals surface area contributed by atoms with Crippen molar-refractivity contribution < 1.29 is 29.6 Å². The number of hydrogen-bond acceptors (Lipinski definition) is 5. The number of hydrogen-bond donors (Lipinski definition) is 4. The molecular formula is C12H10N2O6. The SMILES string of the molecule is COc1cc(O)c(C(=O)O)cc1-c1cc(C(=O)O)[nH]n1. The van der Waals surface area contributed by atoms with Gasteiger partial charge < -0.3 is 20.1 Å². The first-order chi connectivity index (χ1) is 9.43. The van der Waals surface area contributed by atoms with Crippen molar-refractivity contribution in [1.29, 1.82) is 0 Å². The van der Waals surface area contributed by atoms with Crippen LogP contribution in [0.2, 0.25) is 0 Å². The minimum atomic E-state index is -1.32. The Morgan fingerprint density at radius 1 is 1.20 bits per heavy atom. The molecule has 1 aromatic carbocycles. The maximum Gasteiger partial charge on any atom is 0.353 e. The highest BCUT2D eigenvalue weighted by molar-refractivity contribution is 5.94. The van der Waals surface area contributed by atoms with Gasteiger partial charge in [0.2, 0.25) is 0 Å². The Kier molecular flexibility index (Phi) is 3.30. The Bertz CT molecular complexity index is 691. The summed E-state index contributed by atoms with van der Waals surface area (Å²) >= 11 is 0. The monoisotopic (exact) mass is 278 g/mol. The first-order valence-electron chi connectivity index (χ1n) is 5.37. The average Bonchev–Trinajstić information content (AvgIpc) is 2.87. The summed E-state index contributed by atoms with van der Waals surface area (Å²) in [5.74, 6) is -2.79.